The number of aromatic nitrogens is 2. The van der Waals surface area contributed by atoms with Crippen molar-refractivity contribution < 1.29 is 14.5 Å². The normalized spacial score (nSPS) is 10.5. The van der Waals surface area contributed by atoms with Crippen LogP contribution in [0.3, 0.4) is 0 Å². The van der Waals surface area contributed by atoms with E-state index in [2.05, 4.69) is 10.4 Å². The number of amides is 1. The molecule has 0 spiro atoms. The molecule has 1 aromatic heterocycles. The second-order valence-electron chi connectivity index (χ2n) is 5.38. The molecule has 0 aliphatic heterocycles. The summed E-state index contributed by atoms with van der Waals surface area (Å²) in [6.07, 6.45) is 1.50. The van der Waals surface area contributed by atoms with Crippen molar-refractivity contribution in [3.63, 3.8) is 0 Å². The third-order valence-electron chi connectivity index (χ3n) is 3.72. The van der Waals surface area contributed by atoms with Gasteiger partial charge in [0.05, 0.1) is 29.3 Å². The summed E-state index contributed by atoms with van der Waals surface area (Å²) < 4.78 is 6.12. The number of nitrogens with zero attached hydrogens (tertiary/aromatic N) is 3. The number of ether oxygens (including phenoxy) is 1. The molecule has 0 saturated heterocycles. The molecule has 1 heterocycles. The van der Waals surface area contributed by atoms with E-state index in [1.165, 1.54) is 31.5 Å². The Hall–Kier alpha value is -3.75. The Balaban J connectivity index is 1.86. The van der Waals surface area contributed by atoms with Gasteiger partial charge in [-0.3, -0.25) is 19.7 Å². The Kier molecular flexibility index (Phi) is 4.61. The maximum atomic E-state index is 12.4. The average Bonchev–Trinajstić information content (AvgIpc) is 2.64. The van der Waals surface area contributed by atoms with E-state index in [-0.39, 0.29) is 23.7 Å². The van der Waals surface area contributed by atoms with Crippen molar-refractivity contribution in [1.82, 2.24) is 9.78 Å². The number of hydrogen-bond acceptors (Lipinski definition) is 6. The number of fused-ring (bicyclic) bond motifs is 1. The lowest BCUT2D eigenvalue weighted by atomic mass is 10.2. The van der Waals surface area contributed by atoms with Crippen LogP contribution >= 0.6 is 0 Å². The molecule has 3 rings (SSSR count). The predicted molar refractivity (Wildman–Crippen MR) is 94.3 cm³/mol. The molecular weight excluding hydrogens is 340 g/mol. The number of rotatable bonds is 5. The van der Waals surface area contributed by atoms with Crippen LogP contribution in [0.15, 0.2) is 53.5 Å². The predicted octanol–water partition coefficient (Wildman–Crippen LogP) is 1.95. The van der Waals surface area contributed by atoms with Crippen LogP contribution in [0.2, 0.25) is 0 Å². The molecule has 9 nitrogen and oxygen atoms in total. The molecule has 0 radical (unpaired) electrons. The van der Waals surface area contributed by atoms with Crippen LogP contribution in [0.5, 0.6) is 5.75 Å². The van der Waals surface area contributed by atoms with Crippen LogP contribution in [-0.4, -0.2) is 27.7 Å². The van der Waals surface area contributed by atoms with Gasteiger partial charge in [-0.05, 0) is 12.1 Å². The van der Waals surface area contributed by atoms with Gasteiger partial charge in [0.2, 0.25) is 5.91 Å². The van der Waals surface area contributed by atoms with Gasteiger partial charge in [0, 0.05) is 17.5 Å². The van der Waals surface area contributed by atoms with E-state index in [4.69, 9.17) is 4.74 Å². The van der Waals surface area contributed by atoms with Gasteiger partial charge in [-0.15, -0.1) is 0 Å². The average molecular weight is 354 g/mol. The maximum absolute atomic E-state index is 12.4. The van der Waals surface area contributed by atoms with Gasteiger partial charge >= 0.3 is 0 Å². The third kappa shape index (κ3) is 3.36. The van der Waals surface area contributed by atoms with Gasteiger partial charge in [0.1, 0.15) is 12.3 Å². The van der Waals surface area contributed by atoms with Crippen LogP contribution < -0.4 is 15.6 Å². The van der Waals surface area contributed by atoms with E-state index in [1.807, 2.05) is 0 Å². The summed E-state index contributed by atoms with van der Waals surface area (Å²) >= 11 is 0. The first kappa shape index (κ1) is 17.1. The minimum atomic E-state index is -0.579. The fourth-order valence-corrected chi connectivity index (χ4v) is 2.47. The molecule has 0 atom stereocenters. The molecule has 0 aliphatic carbocycles. The van der Waals surface area contributed by atoms with Gasteiger partial charge in [0.25, 0.3) is 11.2 Å². The van der Waals surface area contributed by atoms with Gasteiger partial charge in [-0.25, -0.2) is 4.68 Å². The van der Waals surface area contributed by atoms with Crippen molar-refractivity contribution in [2.45, 2.75) is 6.54 Å². The van der Waals surface area contributed by atoms with E-state index in [1.54, 1.807) is 24.3 Å². The number of benzene rings is 2. The zero-order valence-electron chi connectivity index (χ0n) is 13.7. The standard InChI is InChI=1S/C17H14N4O5/c1-26-15-7-6-12(21(24)25)8-14(15)19-16(22)10-20-17(23)13-5-3-2-4-11(13)9-18-20/h2-9H,10H2,1H3,(H,19,22). The number of methoxy groups -OCH3 is 1. The molecule has 9 heteroatoms. The van der Waals surface area contributed by atoms with Crippen LogP contribution in [-0.2, 0) is 11.3 Å². The lowest BCUT2D eigenvalue weighted by Crippen LogP contribution is -2.29. The maximum Gasteiger partial charge on any atom is 0.275 e. The second kappa shape index (κ2) is 7.01. The van der Waals surface area contributed by atoms with E-state index in [9.17, 15) is 19.7 Å². The van der Waals surface area contributed by atoms with Crippen molar-refractivity contribution in [3.05, 3.63) is 69.1 Å². The summed E-state index contributed by atoms with van der Waals surface area (Å²) in [7, 11) is 1.38. The summed E-state index contributed by atoms with van der Waals surface area (Å²) in [6, 6.07) is 10.8. The summed E-state index contributed by atoms with van der Waals surface area (Å²) in [5, 5.41) is 18.5. The van der Waals surface area contributed by atoms with Crippen LogP contribution in [0, 0.1) is 10.1 Å². The minimum Gasteiger partial charge on any atom is -0.495 e. The SMILES string of the molecule is COc1ccc([N+](=O)[O-])cc1NC(=O)Cn1ncc2ccccc2c1=O. The highest BCUT2D eigenvalue weighted by atomic mass is 16.6. The number of anilines is 1. The summed E-state index contributed by atoms with van der Waals surface area (Å²) in [4.78, 5) is 35.0. The molecule has 2 aromatic carbocycles. The number of carbonyl (C=O) groups is 1. The number of nitro groups is 1. The van der Waals surface area contributed by atoms with Gasteiger partial charge < -0.3 is 10.1 Å². The number of carbonyl (C=O) groups excluding carboxylic acids is 1. The highest BCUT2D eigenvalue weighted by Crippen LogP contribution is 2.28. The van der Waals surface area contributed by atoms with Gasteiger partial charge in [0.15, 0.2) is 0 Å². The fraction of sp³-hybridized carbons (Fsp3) is 0.118. The zero-order valence-corrected chi connectivity index (χ0v) is 13.7. The summed E-state index contributed by atoms with van der Waals surface area (Å²) in [5.74, 6) is -0.295. The van der Waals surface area contributed by atoms with E-state index in [0.717, 1.165) is 4.68 Å². The van der Waals surface area contributed by atoms with Crippen molar-refractivity contribution in [2.75, 3.05) is 12.4 Å². The van der Waals surface area contributed by atoms with Crippen LogP contribution in [0.4, 0.5) is 11.4 Å². The van der Waals surface area contributed by atoms with Crippen molar-refractivity contribution >= 4 is 28.1 Å². The molecule has 0 saturated carbocycles. The molecule has 0 bridgehead atoms. The number of nitrogens with one attached hydrogen (secondary N) is 1. The Bertz CT molecular complexity index is 1060. The van der Waals surface area contributed by atoms with Gasteiger partial charge in [-0.1, -0.05) is 18.2 Å². The van der Waals surface area contributed by atoms with Crippen molar-refractivity contribution in [1.29, 1.82) is 0 Å². The molecular formula is C17H14N4O5. The number of non-ortho nitro benzene ring substituents is 1. The lowest BCUT2D eigenvalue weighted by Gasteiger charge is -2.10. The second-order valence-corrected chi connectivity index (χ2v) is 5.38. The van der Waals surface area contributed by atoms with Crippen molar-refractivity contribution in [2.24, 2.45) is 0 Å². The molecule has 1 N–H and O–H groups in total. The molecule has 0 aliphatic rings. The fourth-order valence-electron chi connectivity index (χ4n) is 2.47. The monoisotopic (exact) mass is 354 g/mol. The Morgan fingerprint density at radius 1 is 1.31 bits per heavy atom. The van der Waals surface area contributed by atoms with E-state index in [0.29, 0.717) is 10.8 Å². The first-order valence-corrected chi connectivity index (χ1v) is 7.57. The van der Waals surface area contributed by atoms with Crippen LogP contribution in [0.1, 0.15) is 0 Å². The Labute approximate surface area is 147 Å². The van der Waals surface area contributed by atoms with Crippen molar-refractivity contribution in [3.8, 4) is 5.75 Å². The Morgan fingerprint density at radius 3 is 2.81 bits per heavy atom. The molecule has 132 valence electrons. The molecule has 0 unspecified atom stereocenters. The first-order valence-electron chi connectivity index (χ1n) is 7.57. The lowest BCUT2D eigenvalue weighted by molar-refractivity contribution is -0.384. The first-order chi connectivity index (χ1) is 12.5. The minimum absolute atomic E-state index is 0.139. The molecule has 3 aromatic rings. The highest BCUT2D eigenvalue weighted by molar-refractivity contribution is 5.92. The number of hydrogen-bond donors (Lipinski definition) is 1. The molecule has 26 heavy (non-hydrogen) atoms. The smallest absolute Gasteiger partial charge is 0.275 e. The quantitative estimate of drug-likeness (QED) is 0.553. The third-order valence-corrected chi connectivity index (χ3v) is 3.72. The van der Waals surface area contributed by atoms with Crippen LogP contribution in [0.25, 0.3) is 10.8 Å². The molecule has 0 fully saturated rings. The van der Waals surface area contributed by atoms with E-state index < -0.39 is 16.4 Å². The summed E-state index contributed by atoms with van der Waals surface area (Å²) in [5.41, 5.74) is -0.452. The Morgan fingerprint density at radius 2 is 2.08 bits per heavy atom. The van der Waals surface area contributed by atoms with Gasteiger partial charge in [-0.2, -0.15) is 5.10 Å². The topological polar surface area (TPSA) is 116 Å². The molecule has 1 amide bonds. The zero-order chi connectivity index (χ0) is 18.7. The number of nitro benzene ring substituents is 1. The highest BCUT2D eigenvalue weighted by Gasteiger charge is 2.15. The largest absolute Gasteiger partial charge is 0.495 e. The van der Waals surface area contributed by atoms with E-state index >= 15 is 0 Å². The summed E-state index contributed by atoms with van der Waals surface area (Å²) in [6.45, 7) is -0.338.